The Morgan fingerprint density at radius 1 is 0.694 bits per heavy atom. The molecule has 10 N–H and O–H groups in total. The molecule has 1 rings (SSSR count). The number of carboxylic acid groups (broad SMARTS) is 5. The number of urea groups is 1. The predicted molar refractivity (Wildman–Crippen MR) is 209 cm³/mol. The average molecular weight is 981 g/mol. The van der Waals surface area contributed by atoms with E-state index < -0.39 is 165 Å². The van der Waals surface area contributed by atoms with Gasteiger partial charge >= 0.3 is 58.2 Å². The first-order valence-corrected chi connectivity index (χ1v) is 19.7. The second-order valence-corrected chi connectivity index (χ2v) is 13.7. The quantitative estimate of drug-likeness (QED) is 0.0477. The summed E-state index contributed by atoms with van der Waals surface area (Å²) >= 11 is 5.71. The number of carbonyl (C=O) groups is 11. The Morgan fingerprint density at radius 3 is 1.71 bits per heavy atom. The van der Waals surface area contributed by atoms with E-state index in [-0.39, 0.29) is 12.2 Å². The molecular weight excluding hydrogens is 933 g/mol. The van der Waals surface area contributed by atoms with Crippen LogP contribution in [0.2, 0.25) is 0 Å². The molecule has 24 nitrogen and oxygen atoms in total. The molecule has 7 atom stereocenters. The second-order valence-electron chi connectivity index (χ2n) is 13.4. The number of hydrogen-bond acceptors (Lipinski definition) is 13. The van der Waals surface area contributed by atoms with Crippen LogP contribution in [-0.4, -0.2) is 139 Å². The molecule has 0 saturated heterocycles. The molecular formula is C36H47N7O17STc. The Morgan fingerprint density at radius 2 is 1.21 bits per heavy atom. The van der Waals surface area contributed by atoms with E-state index in [1.165, 1.54) is 6.92 Å². The van der Waals surface area contributed by atoms with E-state index in [1.807, 2.05) is 10.6 Å². The van der Waals surface area contributed by atoms with Gasteiger partial charge in [-0.3, -0.25) is 24.0 Å². The molecule has 0 aliphatic carbocycles. The van der Waals surface area contributed by atoms with Crippen LogP contribution in [0.4, 0.5) is 4.79 Å². The summed E-state index contributed by atoms with van der Waals surface area (Å²) in [5.74, 6) is -13.2. The predicted octanol–water partition coefficient (Wildman–Crippen LogP) is -0.000300. The van der Waals surface area contributed by atoms with E-state index >= 15 is 0 Å². The molecule has 62 heavy (non-hydrogen) atoms. The Balaban J connectivity index is 0.0000183. The third-order valence-electron chi connectivity index (χ3n) is 8.33. The third-order valence-corrected chi connectivity index (χ3v) is 8.81. The zero-order valence-corrected chi connectivity index (χ0v) is 35.7. The Labute approximate surface area is 370 Å². The molecule has 0 fully saturated rings. The van der Waals surface area contributed by atoms with Crippen LogP contribution in [-0.2, 0) is 89.4 Å². The van der Waals surface area contributed by atoms with Crippen molar-refractivity contribution in [2.45, 2.75) is 101 Å². The number of nitrogens with zero attached hydrogens (tertiary/aromatic N) is 2. The number of nitrogens with one attached hydrogen (secondary N) is 5. The molecule has 0 heterocycles. The van der Waals surface area contributed by atoms with Crippen molar-refractivity contribution in [2.75, 3.05) is 12.3 Å². The van der Waals surface area contributed by atoms with Crippen LogP contribution in [0.15, 0.2) is 30.3 Å². The van der Waals surface area contributed by atoms with Crippen molar-refractivity contribution in [1.82, 2.24) is 21.3 Å². The SMILES string of the molecule is C[C@H](C[S-])[N-]C(=O)[C@H](CC(=O)O)[N-]C(=O)[C@@H]([NH-])CNC(=O)[C@@H](CC(=O)CC[C@H](NC(=O)CC[C@H](NC(=O)N[C@@H](CCC(=O)O)C(=O)O)C(=O)O)C(=O)O)Cc1ccccc1.[O]=[99Tc+4]. The fraction of sp³-hybridized carbons (Fsp3) is 0.528. The standard InChI is InChI=1S/C36H50N7O16S.O.Tc/c1-18(17-60)39-32(52)26(15-29(48)49)41-31(51)22(37)16-38-30(50)20(13-19-5-3-2-4-6-19)14-21(44)7-8-23(33(53)54)40-27(45)11-9-24(34(55)56)42-36(59)43-25(35(57)58)10-12-28(46)47;;/h2-6,18,20,22-26,37H,7-17H2,1H3,(H12,38,39,40,41,42,43,45,46,47,48,49,50,51,52,53,54,55,56,57,58,59,60);;/q-1;;+4/p-3/t18-,20-,22+,23+,24+,25+,26+;;/m1../s1/i;;1+1. The number of benzene rings is 1. The summed E-state index contributed by atoms with van der Waals surface area (Å²) < 4.78 is 8.22. The van der Waals surface area contributed by atoms with E-state index in [4.69, 9.17) is 32.1 Å². The Bertz CT molecular complexity index is 1740. The molecule has 0 aliphatic rings. The van der Waals surface area contributed by atoms with Crippen LogP contribution in [0.5, 0.6) is 0 Å². The molecule has 0 aromatic heterocycles. The average Bonchev–Trinajstić information content (AvgIpc) is 3.21. The number of ketones is 1. The second kappa shape index (κ2) is 30.2. The van der Waals surface area contributed by atoms with Crippen molar-refractivity contribution >= 4 is 77.9 Å². The molecule has 0 unspecified atom stereocenters. The van der Waals surface area contributed by atoms with Gasteiger partial charge in [-0.2, -0.15) is 5.75 Å². The molecule has 0 bridgehead atoms. The molecule has 341 valence electrons. The number of carbonyl (C=O) groups excluding carboxylic acids is 6. The number of Topliss-reactive ketones (excluding diaryl/α,β-unsaturated/α-hetero) is 1. The van der Waals surface area contributed by atoms with E-state index in [1.54, 1.807) is 30.3 Å². The van der Waals surface area contributed by atoms with Gasteiger partial charge in [0.05, 0.1) is 0 Å². The van der Waals surface area contributed by atoms with E-state index in [2.05, 4.69) is 21.3 Å². The van der Waals surface area contributed by atoms with Crippen LogP contribution < -0.4 is 21.3 Å². The van der Waals surface area contributed by atoms with Gasteiger partial charge in [-0.05, 0) is 31.2 Å². The molecule has 6 amide bonds. The van der Waals surface area contributed by atoms with Crippen molar-refractivity contribution in [3.05, 3.63) is 52.3 Å². The summed E-state index contributed by atoms with van der Waals surface area (Å²) in [5.41, 5.74) is 8.76. The zero-order valence-electron chi connectivity index (χ0n) is 33.0. The molecule has 0 radical (unpaired) electrons. The first-order chi connectivity index (χ1) is 29.1. The number of aliphatic carboxylic acids is 5. The number of carboxylic acids is 5. The summed E-state index contributed by atoms with van der Waals surface area (Å²) in [7, 11) is 0. The molecule has 26 heteroatoms. The van der Waals surface area contributed by atoms with Gasteiger partial charge in [0.1, 0.15) is 23.9 Å². The zero-order chi connectivity index (χ0) is 47.5. The van der Waals surface area contributed by atoms with Gasteiger partial charge in [0.25, 0.3) is 0 Å². The van der Waals surface area contributed by atoms with Crippen molar-refractivity contribution in [2.24, 2.45) is 5.92 Å². The van der Waals surface area contributed by atoms with Crippen LogP contribution in [0.25, 0.3) is 16.4 Å². The molecule has 0 aliphatic heterocycles. The third kappa shape index (κ3) is 23.8. The van der Waals surface area contributed by atoms with Crippen LogP contribution in [0, 0.1) is 5.92 Å². The van der Waals surface area contributed by atoms with Gasteiger partial charge in [0, 0.05) is 56.4 Å². The van der Waals surface area contributed by atoms with E-state index in [0.29, 0.717) is 5.56 Å². The van der Waals surface area contributed by atoms with E-state index in [9.17, 15) is 68.1 Å². The Kier molecular flexibility index (Phi) is 27.4. The molecule has 0 saturated carbocycles. The van der Waals surface area contributed by atoms with Gasteiger partial charge in [-0.25, -0.2) is 19.2 Å². The van der Waals surface area contributed by atoms with Crippen molar-refractivity contribution in [3.63, 3.8) is 0 Å². The van der Waals surface area contributed by atoms with Crippen LogP contribution in [0.1, 0.15) is 63.9 Å². The summed E-state index contributed by atoms with van der Waals surface area (Å²) in [6.07, 6.45) is -4.64. The van der Waals surface area contributed by atoms with Crippen LogP contribution >= 0.6 is 0 Å². The van der Waals surface area contributed by atoms with Crippen molar-refractivity contribution in [3.8, 4) is 0 Å². The number of hydrogen-bond donors (Lipinski definition) is 9. The number of rotatable bonds is 29. The summed E-state index contributed by atoms with van der Waals surface area (Å²) in [5, 5.41) is 61.9. The first-order valence-electron chi connectivity index (χ1n) is 18.4. The summed E-state index contributed by atoms with van der Waals surface area (Å²) in [6, 6.07) is -2.14. The van der Waals surface area contributed by atoms with Crippen molar-refractivity contribution < 1.29 is 101 Å². The molecule has 1 aromatic rings. The molecule has 0 spiro atoms. The van der Waals surface area contributed by atoms with Gasteiger partial charge in [-0.1, -0.05) is 49.3 Å². The normalized spacial score (nSPS) is 13.9. The van der Waals surface area contributed by atoms with Gasteiger partial charge in [0.15, 0.2) is 0 Å². The fourth-order valence-corrected chi connectivity index (χ4v) is 5.22. The monoisotopic (exact) mass is 980 g/mol. The van der Waals surface area contributed by atoms with Crippen LogP contribution in [0.3, 0.4) is 0 Å². The van der Waals surface area contributed by atoms with Gasteiger partial charge < -0.3 is 85.4 Å². The van der Waals surface area contributed by atoms with E-state index in [0.717, 1.165) is 18.9 Å². The maximum atomic E-state index is 13.3. The minimum absolute atomic E-state index is 0.00761. The topological polar surface area (TPSA) is 406 Å². The fourth-order valence-electron chi connectivity index (χ4n) is 5.15. The summed E-state index contributed by atoms with van der Waals surface area (Å²) in [6.45, 7) is 0.862. The summed E-state index contributed by atoms with van der Waals surface area (Å²) in [4.78, 5) is 133. The Hall–Kier alpha value is -5.85. The minimum atomic E-state index is -1.78. The first kappa shape index (κ1) is 56.1. The van der Waals surface area contributed by atoms with Gasteiger partial charge in [0.2, 0.25) is 11.8 Å². The van der Waals surface area contributed by atoms with Gasteiger partial charge in [-0.15, -0.1) is 6.04 Å². The number of amides is 6. The maximum absolute atomic E-state index is 13.3. The van der Waals surface area contributed by atoms with Crippen molar-refractivity contribution in [1.29, 1.82) is 0 Å². The molecule has 1 aromatic carbocycles.